The average molecular weight is 390 g/mol. The number of carbonyl (C=O) groups excluding carboxylic acids is 1. The molecule has 6 heteroatoms. The Hall–Kier alpha value is -3.44. The summed E-state index contributed by atoms with van der Waals surface area (Å²) in [7, 11) is 1.83. The van der Waals surface area contributed by atoms with E-state index in [1.54, 1.807) is 41.2 Å². The van der Waals surface area contributed by atoms with Gasteiger partial charge in [-0.2, -0.15) is 0 Å². The highest BCUT2D eigenvalue weighted by Gasteiger charge is 2.19. The van der Waals surface area contributed by atoms with Crippen LogP contribution in [0.5, 0.6) is 0 Å². The fourth-order valence-electron chi connectivity index (χ4n) is 3.18. The summed E-state index contributed by atoms with van der Waals surface area (Å²) < 4.78 is 1.78. The number of aromatic nitrogens is 3. The molecule has 4 rings (SSSR count). The number of benzene rings is 2. The Morgan fingerprint density at radius 1 is 1.18 bits per heavy atom. The second kappa shape index (κ2) is 7.29. The van der Waals surface area contributed by atoms with Crippen molar-refractivity contribution >= 4 is 34.4 Å². The van der Waals surface area contributed by atoms with E-state index < -0.39 is 11.3 Å². The van der Waals surface area contributed by atoms with E-state index in [-0.39, 0.29) is 5.56 Å². The Kier molecular flexibility index (Phi) is 4.67. The number of rotatable bonds is 4. The second-order valence-corrected chi connectivity index (χ2v) is 6.79. The van der Waals surface area contributed by atoms with E-state index in [0.717, 1.165) is 5.56 Å². The average Bonchev–Trinajstić information content (AvgIpc) is 3.11. The number of H-pyrrole nitrogens is 1. The molecule has 2 heterocycles. The summed E-state index contributed by atoms with van der Waals surface area (Å²) in [6.07, 6.45) is 6.39. The Morgan fingerprint density at radius 3 is 2.68 bits per heavy atom. The maximum absolute atomic E-state index is 13.0. The van der Waals surface area contributed by atoms with Crippen LogP contribution in [-0.4, -0.2) is 20.3 Å². The molecular formula is C22H16ClN3O2. The lowest BCUT2D eigenvalue weighted by Gasteiger charge is -2.11. The molecule has 0 amide bonds. The second-order valence-electron chi connectivity index (χ2n) is 6.35. The van der Waals surface area contributed by atoms with Gasteiger partial charge in [0.1, 0.15) is 5.82 Å². The predicted octanol–water partition coefficient (Wildman–Crippen LogP) is 4.48. The maximum atomic E-state index is 13.0. The Bertz CT molecular complexity index is 1270. The number of nitrogens with one attached hydrogen (secondary N) is 1. The van der Waals surface area contributed by atoms with Gasteiger partial charge in [0.25, 0.3) is 5.56 Å². The molecule has 2 aromatic carbocycles. The molecular weight excluding hydrogens is 374 g/mol. The van der Waals surface area contributed by atoms with Gasteiger partial charge in [0.05, 0.1) is 5.56 Å². The van der Waals surface area contributed by atoms with Crippen molar-refractivity contribution in [2.24, 2.45) is 7.05 Å². The number of hydrogen-bond acceptors (Lipinski definition) is 3. The lowest BCUT2D eigenvalue weighted by atomic mass is 9.94. The number of nitrogens with zero attached hydrogens (tertiary/aromatic N) is 2. The molecule has 0 saturated heterocycles. The number of aromatic amines is 1. The first-order valence-corrected chi connectivity index (χ1v) is 9.03. The van der Waals surface area contributed by atoms with Gasteiger partial charge < -0.3 is 9.55 Å². The van der Waals surface area contributed by atoms with Gasteiger partial charge >= 0.3 is 0 Å². The number of aryl methyl sites for hydroxylation is 1. The van der Waals surface area contributed by atoms with Crippen LogP contribution in [0.3, 0.4) is 0 Å². The van der Waals surface area contributed by atoms with E-state index in [4.69, 9.17) is 11.6 Å². The molecule has 138 valence electrons. The first-order chi connectivity index (χ1) is 13.5. The zero-order chi connectivity index (χ0) is 19.7. The van der Waals surface area contributed by atoms with Crippen molar-refractivity contribution in [1.82, 2.24) is 14.5 Å². The Labute approximate surface area is 165 Å². The highest BCUT2D eigenvalue weighted by Crippen LogP contribution is 2.31. The van der Waals surface area contributed by atoms with Gasteiger partial charge in [0, 0.05) is 40.9 Å². The molecule has 0 aliphatic heterocycles. The lowest BCUT2D eigenvalue weighted by molar-refractivity contribution is 0.104. The van der Waals surface area contributed by atoms with Gasteiger partial charge in [-0.05, 0) is 35.9 Å². The van der Waals surface area contributed by atoms with Gasteiger partial charge in [-0.15, -0.1) is 0 Å². The molecule has 0 aliphatic carbocycles. The molecule has 0 unspecified atom stereocenters. The van der Waals surface area contributed by atoms with Crippen LogP contribution >= 0.6 is 11.6 Å². The van der Waals surface area contributed by atoms with Gasteiger partial charge in [-0.1, -0.05) is 41.9 Å². The topological polar surface area (TPSA) is 67.8 Å². The van der Waals surface area contributed by atoms with E-state index in [1.165, 1.54) is 6.08 Å². The number of allylic oxidation sites excluding steroid dienone is 1. The number of carbonyl (C=O) groups is 1. The van der Waals surface area contributed by atoms with E-state index >= 15 is 0 Å². The molecule has 0 bridgehead atoms. The van der Waals surface area contributed by atoms with Gasteiger partial charge in [0.15, 0.2) is 5.78 Å². The molecule has 1 N–H and O–H groups in total. The molecule has 4 aromatic rings. The summed E-state index contributed by atoms with van der Waals surface area (Å²) in [4.78, 5) is 32.8. The first-order valence-electron chi connectivity index (χ1n) is 8.65. The Balaban J connectivity index is 1.96. The third-order valence-electron chi connectivity index (χ3n) is 4.53. The minimum absolute atomic E-state index is 0.0754. The fourth-order valence-corrected chi connectivity index (χ4v) is 3.35. The molecule has 2 aromatic heterocycles. The van der Waals surface area contributed by atoms with Crippen LogP contribution in [0.15, 0.2) is 71.8 Å². The predicted molar refractivity (Wildman–Crippen MR) is 112 cm³/mol. The van der Waals surface area contributed by atoms with Crippen molar-refractivity contribution in [3.63, 3.8) is 0 Å². The van der Waals surface area contributed by atoms with E-state index in [9.17, 15) is 9.59 Å². The van der Waals surface area contributed by atoms with Crippen molar-refractivity contribution in [1.29, 1.82) is 0 Å². The summed E-state index contributed by atoms with van der Waals surface area (Å²) in [6.45, 7) is 0. The molecule has 0 aliphatic rings. The monoisotopic (exact) mass is 389 g/mol. The van der Waals surface area contributed by atoms with Crippen LogP contribution in [0, 0.1) is 0 Å². The highest BCUT2D eigenvalue weighted by atomic mass is 35.5. The summed E-state index contributed by atoms with van der Waals surface area (Å²) >= 11 is 6.19. The SMILES string of the molecule is Cn1ccnc1/C=C/C(=O)c1c(-c2ccccc2)c2cc(Cl)ccc2[nH]c1=O. The fraction of sp³-hybridized carbons (Fsp3) is 0.0455. The van der Waals surface area contributed by atoms with Crippen molar-refractivity contribution in [2.45, 2.75) is 0 Å². The Morgan fingerprint density at radius 2 is 1.96 bits per heavy atom. The standard InChI is InChI=1S/C22H16ClN3O2/c1-26-12-11-24-19(26)10-9-18(27)21-20(14-5-3-2-4-6-14)16-13-15(23)7-8-17(16)25-22(21)28/h2-13H,1H3,(H,25,28)/b10-9+. The highest BCUT2D eigenvalue weighted by molar-refractivity contribution is 6.31. The smallest absolute Gasteiger partial charge is 0.260 e. The molecule has 0 fully saturated rings. The number of imidazole rings is 1. The summed E-state index contributed by atoms with van der Waals surface area (Å²) in [5, 5.41) is 1.24. The molecule has 0 radical (unpaired) electrons. The number of ketones is 1. The van der Waals surface area contributed by atoms with Gasteiger partial charge in [0.2, 0.25) is 0 Å². The van der Waals surface area contributed by atoms with Crippen LogP contribution in [0.25, 0.3) is 28.1 Å². The van der Waals surface area contributed by atoms with Crippen molar-refractivity contribution < 1.29 is 4.79 Å². The third kappa shape index (κ3) is 3.28. The zero-order valence-corrected chi connectivity index (χ0v) is 15.8. The molecule has 0 atom stereocenters. The van der Waals surface area contributed by atoms with Crippen LogP contribution in [0.2, 0.25) is 5.02 Å². The van der Waals surface area contributed by atoms with E-state index in [2.05, 4.69) is 9.97 Å². The largest absolute Gasteiger partial charge is 0.335 e. The number of pyridine rings is 1. The number of fused-ring (bicyclic) bond motifs is 1. The van der Waals surface area contributed by atoms with Crippen LogP contribution in [-0.2, 0) is 7.05 Å². The van der Waals surface area contributed by atoms with Gasteiger partial charge in [-0.25, -0.2) is 4.98 Å². The van der Waals surface area contributed by atoms with Crippen molar-refractivity contribution in [3.05, 3.63) is 93.8 Å². The van der Waals surface area contributed by atoms with Crippen LogP contribution < -0.4 is 5.56 Å². The van der Waals surface area contributed by atoms with Crippen molar-refractivity contribution in [3.8, 4) is 11.1 Å². The summed E-state index contributed by atoms with van der Waals surface area (Å²) in [6, 6.07) is 14.6. The lowest BCUT2D eigenvalue weighted by Crippen LogP contribution is -2.18. The minimum Gasteiger partial charge on any atom is -0.335 e. The number of hydrogen-bond donors (Lipinski definition) is 1. The van der Waals surface area contributed by atoms with Gasteiger partial charge in [-0.3, -0.25) is 9.59 Å². The van der Waals surface area contributed by atoms with Crippen LogP contribution in [0.1, 0.15) is 16.2 Å². The quantitative estimate of drug-likeness (QED) is 0.413. The van der Waals surface area contributed by atoms with E-state index in [1.807, 2.05) is 37.4 Å². The first kappa shape index (κ1) is 17.9. The molecule has 28 heavy (non-hydrogen) atoms. The van der Waals surface area contributed by atoms with Crippen molar-refractivity contribution in [2.75, 3.05) is 0 Å². The minimum atomic E-state index is -0.442. The summed E-state index contributed by atoms with van der Waals surface area (Å²) in [5.74, 6) is 0.222. The van der Waals surface area contributed by atoms with E-state index in [0.29, 0.717) is 27.3 Å². The normalized spacial score (nSPS) is 11.4. The molecule has 0 saturated carbocycles. The maximum Gasteiger partial charge on any atom is 0.260 e. The zero-order valence-electron chi connectivity index (χ0n) is 15.0. The number of halogens is 1. The molecule has 0 spiro atoms. The molecule has 5 nitrogen and oxygen atoms in total. The third-order valence-corrected chi connectivity index (χ3v) is 4.76. The van der Waals surface area contributed by atoms with Crippen LogP contribution in [0.4, 0.5) is 0 Å². The summed E-state index contributed by atoms with van der Waals surface area (Å²) in [5.41, 5.74) is 1.60.